The summed E-state index contributed by atoms with van der Waals surface area (Å²) in [7, 11) is -1.95. The van der Waals surface area contributed by atoms with Crippen LogP contribution in [0, 0.1) is 5.82 Å². The first-order valence-electron chi connectivity index (χ1n) is 10.3. The summed E-state index contributed by atoms with van der Waals surface area (Å²) in [4.78, 5) is 12.8. The van der Waals surface area contributed by atoms with Crippen molar-refractivity contribution in [1.82, 2.24) is 5.32 Å². The Hall–Kier alpha value is -2.87. The number of nitrogens with zero attached hydrogens (tertiary/aromatic N) is 1. The Morgan fingerprint density at radius 2 is 1.90 bits per heavy atom. The number of halogens is 1. The maximum atomic E-state index is 13.4. The molecule has 1 aliphatic carbocycles. The zero-order chi connectivity index (χ0) is 22.3. The number of hydrogen-bond donors (Lipinski definition) is 1. The van der Waals surface area contributed by atoms with Gasteiger partial charge in [0.25, 0.3) is 5.91 Å². The van der Waals surface area contributed by atoms with E-state index in [1.54, 1.807) is 25.2 Å². The molecule has 1 saturated carbocycles. The lowest BCUT2D eigenvalue weighted by Crippen LogP contribution is -2.31. The number of hydrogen-bond acceptors (Lipinski definition) is 4. The minimum Gasteiger partial charge on any atom is -0.455 e. The molecule has 8 heteroatoms. The van der Waals surface area contributed by atoms with Crippen LogP contribution in [0.1, 0.15) is 48.0 Å². The molecular weight excluding hydrogens is 419 g/mol. The van der Waals surface area contributed by atoms with Gasteiger partial charge in [0.1, 0.15) is 17.2 Å². The van der Waals surface area contributed by atoms with Crippen LogP contribution >= 0.6 is 0 Å². The van der Waals surface area contributed by atoms with Gasteiger partial charge in [0.15, 0.2) is 0 Å². The first kappa shape index (κ1) is 21.4. The molecule has 4 rings (SSSR count). The van der Waals surface area contributed by atoms with Gasteiger partial charge in [-0.05, 0) is 61.1 Å². The van der Waals surface area contributed by atoms with Gasteiger partial charge in [0, 0.05) is 30.6 Å². The van der Waals surface area contributed by atoms with Crippen LogP contribution < -0.4 is 9.62 Å². The molecule has 0 saturated heterocycles. The lowest BCUT2D eigenvalue weighted by molar-refractivity contribution is 0.0964. The molecule has 1 N–H and O–H groups in total. The van der Waals surface area contributed by atoms with Gasteiger partial charge >= 0.3 is 0 Å². The van der Waals surface area contributed by atoms with Crippen molar-refractivity contribution in [2.75, 3.05) is 24.2 Å². The Morgan fingerprint density at radius 3 is 2.45 bits per heavy atom. The van der Waals surface area contributed by atoms with Crippen LogP contribution in [0.5, 0.6) is 0 Å². The Balaban J connectivity index is 2.00. The normalized spacial score (nSPS) is 14.1. The first-order chi connectivity index (χ1) is 14.7. The highest BCUT2D eigenvalue weighted by Gasteiger charge is 2.32. The molecule has 0 atom stereocenters. The van der Waals surface area contributed by atoms with Gasteiger partial charge in [0.05, 0.1) is 17.5 Å². The third kappa shape index (κ3) is 4.04. The van der Waals surface area contributed by atoms with Crippen molar-refractivity contribution in [1.29, 1.82) is 0 Å². The van der Waals surface area contributed by atoms with E-state index >= 15 is 0 Å². The van der Waals surface area contributed by atoms with Crippen molar-refractivity contribution in [2.24, 2.45) is 0 Å². The van der Waals surface area contributed by atoms with Crippen molar-refractivity contribution in [3.8, 4) is 11.3 Å². The van der Waals surface area contributed by atoms with E-state index in [-0.39, 0.29) is 17.6 Å². The second-order valence-corrected chi connectivity index (χ2v) is 9.82. The number of carbonyl (C=O) groups excluding carboxylic acids is 1. The second kappa shape index (κ2) is 8.00. The summed E-state index contributed by atoms with van der Waals surface area (Å²) in [5.74, 6) is -0.124. The molecule has 1 fully saturated rings. The zero-order valence-electron chi connectivity index (χ0n) is 17.7. The lowest BCUT2D eigenvalue weighted by Gasteiger charge is -2.24. The standard InChI is InChI=1S/C23H25FN2O4S/c1-4-11-26(31(3,28)29)19-13-20-18(12-17(19)14-5-6-14)21(23(27)25-2)22(30-20)15-7-9-16(24)10-8-15/h7-10,12-14H,4-6,11H2,1-3H3,(H,25,27). The lowest BCUT2D eigenvalue weighted by atomic mass is 10.0. The Labute approximate surface area is 181 Å². The number of rotatable bonds is 7. The molecule has 0 spiro atoms. The summed E-state index contributed by atoms with van der Waals surface area (Å²) in [6, 6.07) is 9.34. The van der Waals surface area contributed by atoms with Gasteiger partial charge in [-0.1, -0.05) is 6.92 Å². The van der Waals surface area contributed by atoms with Crippen molar-refractivity contribution in [2.45, 2.75) is 32.1 Å². The van der Waals surface area contributed by atoms with Gasteiger partial charge in [0.2, 0.25) is 10.0 Å². The average Bonchev–Trinajstić information content (AvgIpc) is 3.51. The fraction of sp³-hybridized carbons (Fsp3) is 0.348. The molecule has 0 unspecified atom stereocenters. The van der Waals surface area contributed by atoms with Crippen LogP contribution in [-0.4, -0.2) is 34.2 Å². The Bertz CT molecular complexity index is 1240. The topological polar surface area (TPSA) is 79.6 Å². The van der Waals surface area contributed by atoms with Crippen molar-refractivity contribution >= 4 is 32.6 Å². The predicted octanol–water partition coefficient (Wildman–Crippen LogP) is 4.65. The molecule has 164 valence electrons. The van der Waals surface area contributed by atoms with Gasteiger partial charge < -0.3 is 9.73 Å². The summed E-state index contributed by atoms with van der Waals surface area (Å²) in [5.41, 5.74) is 2.85. The minimum absolute atomic E-state index is 0.252. The molecule has 2 aromatic carbocycles. The molecular formula is C23H25FN2O4S. The smallest absolute Gasteiger partial charge is 0.255 e. The number of sulfonamides is 1. The second-order valence-electron chi connectivity index (χ2n) is 7.91. The number of anilines is 1. The fourth-order valence-corrected chi connectivity index (χ4v) is 4.94. The number of fused-ring (bicyclic) bond motifs is 1. The number of carbonyl (C=O) groups is 1. The minimum atomic E-state index is -3.49. The number of benzene rings is 2. The maximum absolute atomic E-state index is 13.4. The highest BCUT2D eigenvalue weighted by atomic mass is 32.2. The van der Waals surface area contributed by atoms with E-state index in [1.165, 1.54) is 22.7 Å². The zero-order valence-corrected chi connectivity index (χ0v) is 18.6. The van der Waals surface area contributed by atoms with Gasteiger partial charge in [-0.3, -0.25) is 9.10 Å². The van der Waals surface area contributed by atoms with Crippen LogP contribution in [0.15, 0.2) is 40.8 Å². The highest BCUT2D eigenvalue weighted by Crippen LogP contribution is 2.48. The third-order valence-electron chi connectivity index (χ3n) is 5.51. The number of nitrogens with one attached hydrogen (secondary N) is 1. The van der Waals surface area contributed by atoms with Crippen LogP contribution in [-0.2, 0) is 10.0 Å². The Kier molecular flexibility index (Phi) is 5.51. The first-order valence-corrected chi connectivity index (χ1v) is 12.2. The fourth-order valence-electron chi connectivity index (χ4n) is 3.91. The molecule has 3 aromatic rings. The van der Waals surface area contributed by atoms with Gasteiger partial charge in [-0.15, -0.1) is 0 Å². The van der Waals surface area contributed by atoms with E-state index in [0.29, 0.717) is 46.5 Å². The SMILES string of the molecule is CCCN(c1cc2oc(-c3ccc(F)cc3)c(C(=O)NC)c2cc1C1CC1)S(C)(=O)=O. The summed E-state index contributed by atoms with van der Waals surface area (Å²) < 4.78 is 46.0. The molecule has 6 nitrogen and oxygen atoms in total. The third-order valence-corrected chi connectivity index (χ3v) is 6.69. The van der Waals surface area contributed by atoms with E-state index in [0.717, 1.165) is 18.4 Å². The number of furan rings is 1. The molecule has 1 aromatic heterocycles. The van der Waals surface area contributed by atoms with E-state index < -0.39 is 10.0 Å². The average molecular weight is 445 g/mol. The van der Waals surface area contributed by atoms with Crippen LogP contribution in [0.4, 0.5) is 10.1 Å². The van der Waals surface area contributed by atoms with Crippen molar-refractivity contribution in [3.63, 3.8) is 0 Å². The molecule has 0 aliphatic heterocycles. The monoisotopic (exact) mass is 444 g/mol. The molecule has 31 heavy (non-hydrogen) atoms. The maximum Gasteiger partial charge on any atom is 0.255 e. The van der Waals surface area contributed by atoms with Crippen LogP contribution in [0.3, 0.4) is 0 Å². The predicted molar refractivity (Wildman–Crippen MR) is 119 cm³/mol. The van der Waals surface area contributed by atoms with Crippen molar-refractivity contribution in [3.05, 3.63) is 53.3 Å². The van der Waals surface area contributed by atoms with Crippen LogP contribution in [0.25, 0.3) is 22.3 Å². The van der Waals surface area contributed by atoms with E-state index in [4.69, 9.17) is 4.42 Å². The molecule has 1 aliphatic rings. The molecule has 1 heterocycles. The quantitative estimate of drug-likeness (QED) is 0.575. The van der Waals surface area contributed by atoms with E-state index in [2.05, 4.69) is 5.32 Å². The van der Waals surface area contributed by atoms with Gasteiger partial charge in [-0.25, -0.2) is 12.8 Å². The molecule has 0 bridgehead atoms. The summed E-state index contributed by atoms with van der Waals surface area (Å²) in [6.07, 6.45) is 3.81. The van der Waals surface area contributed by atoms with E-state index in [9.17, 15) is 17.6 Å². The summed E-state index contributed by atoms with van der Waals surface area (Å²) in [5, 5.41) is 3.27. The largest absolute Gasteiger partial charge is 0.455 e. The Morgan fingerprint density at radius 1 is 1.23 bits per heavy atom. The van der Waals surface area contributed by atoms with E-state index in [1.807, 2.05) is 13.0 Å². The molecule has 1 amide bonds. The summed E-state index contributed by atoms with van der Waals surface area (Å²) >= 11 is 0. The van der Waals surface area contributed by atoms with Crippen molar-refractivity contribution < 1.29 is 22.0 Å². The van der Waals surface area contributed by atoms with Gasteiger partial charge in [-0.2, -0.15) is 0 Å². The molecule has 0 radical (unpaired) electrons. The van der Waals surface area contributed by atoms with Crippen LogP contribution in [0.2, 0.25) is 0 Å². The number of amides is 1. The summed E-state index contributed by atoms with van der Waals surface area (Å²) in [6.45, 7) is 2.29. The highest BCUT2D eigenvalue weighted by molar-refractivity contribution is 7.92.